The summed E-state index contributed by atoms with van der Waals surface area (Å²) in [6.45, 7) is 9.62. The minimum Gasteiger partial charge on any atom is -0.355 e. The summed E-state index contributed by atoms with van der Waals surface area (Å²) in [7, 11) is 1.90. The Morgan fingerprint density at radius 1 is 1.00 bits per heavy atom. The van der Waals surface area contributed by atoms with Gasteiger partial charge < -0.3 is 15.1 Å². The van der Waals surface area contributed by atoms with Crippen molar-refractivity contribution < 1.29 is 4.79 Å². The first kappa shape index (κ1) is 18.5. The second-order valence-corrected chi connectivity index (χ2v) is 8.05. The monoisotopic (exact) mass is 349 g/mol. The van der Waals surface area contributed by atoms with Crippen LogP contribution in [0.15, 0.2) is 4.99 Å². The maximum Gasteiger partial charge on any atom is 0.219 e. The van der Waals surface area contributed by atoms with E-state index in [9.17, 15) is 4.79 Å². The highest BCUT2D eigenvalue weighted by molar-refractivity contribution is 5.80. The first-order chi connectivity index (χ1) is 12.1. The lowest BCUT2D eigenvalue weighted by Gasteiger charge is -2.35. The Hall–Kier alpha value is -1.30. The van der Waals surface area contributed by atoms with E-state index >= 15 is 0 Å². The third-order valence-electron chi connectivity index (χ3n) is 6.39. The third kappa shape index (κ3) is 4.66. The summed E-state index contributed by atoms with van der Waals surface area (Å²) in [5.41, 5.74) is 0.568. The van der Waals surface area contributed by atoms with Gasteiger partial charge in [-0.1, -0.05) is 19.3 Å². The third-order valence-corrected chi connectivity index (χ3v) is 6.39. The highest BCUT2D eigenvalue weighted by Gasteiger charge is 2.39. The normalized spacial score (nSPS) is 24.8. The zero-order valence-electron chi connectivity index (χ0n) is 16.1. The quantitative estimate of drug-likeness (QED) is 0.618. The van der Waals surface area contributed by atoms with Crippen LogP contribution in [-0.2, 0) is 4.79 Å². The van der Waals surface area contributed by atoms with Gasteiger partial charge in [-0.3, -0.25) is 14.7 Å². The highest BCUT2D eigenvalue weighted by Crippen LogP contribution is 2.43. The second-order valence-electron chi connectivity index (χ2n) is 8.05. The molecule has 25 heavy (non-hydrogen) atoms. The molecular weight excluding hydrogens is 314 g/mol. The molecule has 1 aliphatic carbocycles. The number of carbonyl (C=O) groups is 1. The van der Waals surface area contributed by atoms with Crippen LogP contribution in [0.25, 0.3) is 0 Å². The van der Waals surface area contributed by atoms with Crippen LogP contribution >= 0.6 is 0 Å². The standard InChI is InChI=1S/C19H35N5O/c1-17(25)23-14-12-22(13-15-23)11-9-21-18(20-2)24-10-8-19(16-24)6-4-3-5-7-19/h3-16H2,1-2H3,(H,20,21). The van der Waals surface area contributed by atoms with E-state index in [4.69, 9.17) is 0 Å². The fraction of sp³-hybridized carbons (Fsp3) is 0.895. The number of rotatable bonds is 3. The van der Waals surface area contributed by atoms with E-state index in [0.717, 1.165) is 51.8 Å². The van der Waals surface area contributed by atoms with Gasteiger partial charge in [-0.2, -0.15) is 0 Å². The van der Waals surface area contributed by atoms with Crippen LogP contribution in [0.3, 0.4) is 0 Å². The number of nitrogens with one attached hydrogen (secondary N) is 1. The maximum absolute atomic E-state index is 11.4. The van der Waals surface area contributed by atoms with Gasteiger partial charge in [0.1, 0.15) is 0 Å². The molecule has 6 heteroatoms. The van der Waals surface area contributed by atoms with Crippen molar-refractivity contribution in [1.29, 1.82) is 0 Å². The molecule has 142 valence electrons. The number of amides is 1. The van der Waals surface area contributed by atoms with Crippen molar-refractivity contribution in [2.75, 3.05) is 59.4 Å². The molecule has 0 unspecified atom stereocenters. The highest BCUT2D eigenvalue weighted by atomic mass is 16.2. The largest absolute Gasteiger partial charge is 0.355 e. The predicted octanol–water partition coefficient (Wildman–Crippen LogP) is 1.38. The lowest BCUT2D eigenvalue weighted by molar-refractivity contribution is -0.130. The molecule has 2 aliphatic heterocycles. The van der Waals surface area contributed by atoms with Crippen LogP contribution in [0.1, 0.15) is 45.4 Å². The number of guanidine groups is 1. The molecule has 3 rings (SSSR count). The van der Waals surface area contributed by atoms with Crippen LogP contribution in [0.4, 0.5) is 0 Å². The van der Waals surface area contributed by atoms with E-state index in [1.54, 1.807) is 6.92 Å². The minimum absolute atomic E-state index is 0.198. The molecule has 1 saturated carbocycles. The molecule has 1 spiro atoms. The lowest BCUT2D eigenvalue weighted by Crippen LogP contribution is -2.50. The van der Waals surface area contributed by atoms with Gasteiger partial charge in [0.15, 0.2) is 5.96 Å². The maximum atomic E-state index is 11.4. The molecule has 0 aromatic heterocycles. The van der Waals surface area contributed by atoms with Crippen LogP contribution < -0.4 is 5.32 Å². The van der Waals surface area contributed by atoms with Gasteiger partial charge in [0.2, 0.25) is 5.91 Å². The summed E-state index contributed by atoms with van der Waals surface area (Å²) in [4.78, 5) is 22.8. The number of nitrogens with zero attached hydrogens (tertiary/aromatic N) is 4. The Balaban J connectivity index is 1.39. The van der Waals surface area contributed by atoms with Crippen molar-refractivity contribution in [2.24, 2.45) is 10.4 Å². The molecule has 3 fully saturated rings. The predicted molar refractivity (Wildman–Crippen MR) is 102 cm³/mol. The Labute approximate surface area is 152 Å². The van der Waals surface area contributed by atoms with Crippen molar-refractivity contribution in [2.45, 2.75) is 45.4 Å². The van der Waals surface area contributed by atoms with Gasteiger partial charge >= 0.3 is 0 Å². The lowest BCUT2D eigenvalue weighted by atomic mass is 9.73. The van der Waals surface area contributed by atoms with Crippen molar-refractivity contribution in [3.05, 3.63) is 0 Å². The zero-order chi connectivity index (χ0) is 17.7. The van der Waals surface area contributed by atoms with E-state index < -0.39 is 0 Å². The molecule has 3 aliphatic rings. The summed E-state index contributed by atoms with van der Waals surface area (Å²) in [5.74, 6) is 1.27. The molecule has 2 saturated heterocycles. The second kappa shape index (κ2) is 8.39. The average molecular weight is 350 g/mol. The van der Waals surface area contributed by atoms with Gasteiger partial charge in [0.05, 0.1) is 0 Å². The fourth-order valence-corrected chi connectivity index (χ4v) is 4.77. The summed E-state index contributed by atoms with van der Waals surface area (Å²) in [6.07, 6.45) is 8.38. The van der Waals surface area contributed by atoms with Gasteiger partial charge in [-0.25, -0.2) is 0 Å². The average Bonchev–Trinajstić information content (AvgIpc) is 3.03. The van der Waals surface area contributed by atoms with Crippen molar-refractivity contribution in [3.63, 3.8) is 0 Å². The smallest absolute Gasteiger partial charge is 0.219 e. The van der Waals surface area contributed by atoms with Crippen LogP contribution in [-0.4, -0.2) is 86.0 Å². The Kier molecular flexibility index (Phi) is 6.20. The summed E-state index contributed by atoms with van der Waals surface area (Å²) >= 11 is 0. The molecular formula is C19H35N5O. The Morgan fingerprint density at radius 3 is 2.36 bits per heavy atom. The van der Waals surface area contributed by atoms with Gasteiger partial charge in [0, 0.05) is 66.3 Å². The van der Waals surface area contributed by atoms with E-state index in [-0.39, 0.29) is 5.91 Å². The van der Waals surface area contributed by atoms with Crippen molar-refractivity contribution >= 4 is 11.9 Å². The first-order valence-corrected chi connectivity index (χ1v) is 10.1. The molecule has 6 nitrogen and oxygen atoms in total. The zero-order valence-corrected chi connectivity index (χ0v) is 16.1. The van der Waals surface area contributed by atoms with E-state index in [0.29, 0.717) is 5.41 Å². The molecule has 0 radical (unpaired) electrons. The SMILES string of the molecule is CN=C(NCCN1CCN(C(C)=O)CC1)N1CCC2(CCCCC2)C1. The molecule has 0 aromatic carbocycles. The topological polar surface area (TPSA) is 51.2 Å². The molecule has 0 atom stereocenters. The van der Waals surface area contributed by atoms with Gasteiger partial charge in [-0.05, 0) is 24.7 Å². The summed E-state index contributed by atoms with van der Waals surface area (Å²) < 4.78 is 0. The van der Waals surface area contributed by atoms with E-state index in [1.807, 2.05) is 11.9 Å². The molecule has 1 N–H and O–H groups in total. The van der Waals surface area contributed by atoms with Gasteiger partial charge in [0.25, 0.3) is 0 Å². The fourth-order valence-electron chi connectivity index (χ4n) is 4.77. The van der Waals surface area contributed by atoms with Crippen LogP contribution in [0.5, 0.6) is 0 Å². The number of likely N-dealkylation sites (tertiary alicyclic amines) is 1. The van der Waals surface area contributed by atoms with Crippen molar-refractivity contribution in [1.82, 2.24) is 20.0 Å². The number of carbonyl (C=O) groups excluding carboxylic acids is 1. The summed E-state index contributed by atoms with van der Waals surface area (Å²) in [6, 6.07) is 0. The Bertz CT molecular complexity index is 478. The molecule has 0 bridgehead atoms. The van der Waals surface area contributed by atoms with Gasteiger partial charge in [-0.15, -0.1) is 0 Å². The number of piperazine rings is 1. The van der Waals surface area contributed by atoms with E-state index in [2.05, 4.69) is 20.1 Å². The molecule has 0 aromatic rings. The molecule has 1 amide bonds. The first-order valence-electron chi connectivity index (χ1n) is 10.1. The van der Waals surface area contributed by atoms with Crippen LogP contribution in [0.2, 0.25) is 0 Å². The van der Waals surface area contributed by atoms with Crippen molar-refractivity contribution in [3.8, 4) is 0 Å². The van der Waals surface area contributed by atoms with Crippen LogP contribution in [0, 0.1) is 5.41 Å². The number of hydrogen-bond acceptors (Lipinski definition) is 3. The summed E-state index contributed by atoms with van der Waals surface area (Å²) in [5, 5.41) is 3.57. The number of hydrogen-bond donors (Lipinski definition) is 1. The number of aliphatic imine (C=N–C) groups is 1. The minimum atomic E-state index is 0.198. The van der Waals surface area contributed by atoms with E-state index in [1.165, 1.54) is 45.1 Å². The Morgan fingerprint density at radius 2 is 1.72 bits per heavy atom. The molecule has 2 heterocycles.